The van der Waals surface area contributed by atoms with Gasteiger partial charge in [0.2, 0.25) is 0 Å². The van der Waals surface area contributed by atoms with Gasteiger partial charge in [0.1, 0.15) is 0 Å². The van der Waals surface area contributed by atoms with Crippen molar-refractivity contribution < 1.29 is 0 Å². The van der Waals surface area contributed by atoms with E-state index in [2.05, 4.69) is 94.8 Å². The molecular weight excluding hydrogens is 344 g/mol. The Morgan fingerprint density at radius 3 is 2.17 bits per heavy atom. The number of allylic oxidation sites excluding steroid dienone is 4. The second kappa shape index (κ2) is 6.17. The summed E-state index contributed by atoms with van der Waals surface area (Å²) in [6.45, 7) is 0. The first kappa shape index (κ1) is 14.5. The van der Waals surface area contributed by atoms with Crippen LogP contribution in [0.3, 0.4) is 0 Å². The van der Waals surface area contributed by atoms with E-state index >= 15 is 0 Å². The molecule has 0 saturated heterocycles. The van der Waals surface area contributed by atoms with Crippen molar-refractivity contribution in [3.05, 3.63) is 88.9 Å². The van der Waals surface area contributed by atoms with Gasteiger partial charge in [-0.2, -0.15) is 0 Å². The standard InChI is InChI=1S/C22H17Br/c23-22-15-14-19(20-8-4-5-9-21(20)22)18-12-10-17(11-13-18)16-6-2-1-3-7-16/h2,4-15H,1,3H2. The van der Waals surface area contributed by atoms with E-state index in [1.165, 1.54) is 33.0 Å². The Morgan fingerprint density at radius 1 is 0.696 bits per heavy atom. The summed E-state index contributed by atoms with van der Waals surface area (Å²) in [6, 6.07) is 21.8. The first-order chi connectivity index (χ1) is 11.3. The van der Waals surface area contributed by atoms with E-state index in [0.29, 0.717) is 0 Å². The molecule has 0 atom stereocenters. The number of hydrogen-bond acceptors (Lipinski definition) is 0. The van der Waals surface area contributed by atoms with Crippen molar-refractivity contribution in [3.8, 4) is 11.1 Å². The van der Waals surface area contributed by atoms with Gasteiger partial charge in [-0.25, -0.2) is 0 Å². The monoisotopic (exact) mass is 360 g/mol. The average molecular weight is 361 g/mol. The average Bonchev–Trinajstić information content (AvgIpc) is 2.63. The molecular formula is C22H17Br. The van der Waals surface area contributed by atoms with E-state index in [9.17, 15) is 0 Å². The van der Waals surface area contributed by atoms with Crippen molar-refractivity contribution >= 4 is 32.3 Å². The van der Waals surface area contributed by atoms with Crippen molar-refractivity contribution in [2.75, 3.05) is 0 Å². The van der Waals surface area contributed by atoms with Crippen LogP contribution < -0.4 is 0 Å². The van der Waals surface area contributed by atoms with Crippen LogP contribution in [0.1, 0.15) is 18.4 Å². The van der Waals surface area contributed by atoms with Crippen molar-refractivity contribution in [1.29, 1.82) is 0 Å². The fourth-order valence-electron chi connectivity index (χ4n) is 3.18. The van der Waals surface area contributed by atoms with Crippen LogP contribution >= 0.6 is 15.9 Å². The molecule has 23 heavy (non-hydrogen) atoms. The van der Waals surface area contributed by atoms with Gasteiger partial charge in [-0.1, -0.05) is 88.8 Å². The molecule has 0 unspecified atom stereocenters. The number of rotatable bonds is 2. The summed E-state index contributed by atoms with van der Waals surface area (Å²) >= 11 is 3.65. The van der Waals surface area contributed by atoms with Crippen LogP contribution in [0, 0.1) is 0 Å². The molecule has 0 aliphatic heterocycles. The van der Waals surface area contributed by atoms with Crippen LogP contribution in [0.5, 0.6) is 0 Å². The largest absolute Gasteiger partial charge is 0.0836 e. The minimum atomic E-state index is 1.14. The molecule has 112 valence electrons. The second-order valence-corrected chi connectivity index (χ2v) is 6.71. The Balaban J connectivity index is 1.78. The zero-order valence-corrected chi connectivity index (χ0v) is 14.4. The summed E-state index contributed by atoms with van der Waals surface area (Å²) in [5.74, 6) is 0. The quantitative estimate of drug-likeness (QED) is 0.461. The van der Waals surface area contributed by atoms with E-state index in [-0.39, 0.29) is 0 Å². The lowest BCUT2D eigenvalue weighted by Crippen LogP contribution is -1.87. The Kier molecular flexibility index (Phi) is 3.88. The molecule has 1 aliphatic rings. The number of halogens is 1. The third-order valence-electron chi connectivity index (χ3n) is 4.40. The molecule has 0 fully saturated rings. The summed E-state index contributed by atoms with van der Waals surface area (Å²) in [6.07, 6.45) is 9.11. The van der Waals surface area contributed by atoms with Gasteiger partial charge < -0.3 is 0 Å². The second-order valence-electron chi connectivity index (χ2n) is 5.86. The fourth-order valence-corrected chi connectivity index (χ4v) is 3.66. The molecule has 3 aromatic rings. The van der Waals surface area contributed by atoms with Gasteiger partial charge in [-0.3, -0.25) is 0 Å². The number of benzene rings is 3. The Labute approximate surface area is 145 Å². The smallest absolute Gasteiger partial charge is 0.0254 e. The molecule has 0 N–H and O–H groups in total. The van der Waals surface area contributed by atoms with Crippen LogP contribution in [0.4, 0.5) is 0 Å². The highest BCUT2D eigenvalue weighted by atomic mass is 79.9. The SMILES string of the molecule is Brc1ccc(-c2ccc(C3=CCCC=C3)cc2)c2ccccc12. The summed E-state index contributed by atoms with van der Waals surface area (Å²) in [5.41, 5.74) is 5.18. The van der Waals surface area contributed by atoms with Gasteiger partial charge in [0.05, 0.1) is 0 Å². The summed E-state index contributed by atoms with van der Waals surface area (Å²) in [5, 5.41) is 2.54. The first-order valence-electron chi connectivity index (χ1n) is 7.98. The van der Waals surface area contributed by atoms with Crippen LogP contribution in [0.25, 0.3) is 27.5 Å². The molecule has 3 aromatic carbocycles. The third kappa shape index (κ3) is 2.77. The fraction of sp³-hybridized carbons (Fsp3) is 0.0909. The normalized spacial score (nSPS) is 14.0. The Bertz CT molecular complexity index is 914. The highest BCUT2D eigenvalue weighted by Gasteiger charge is 2.07. The van der Waals surface area contributed by atoms with Gasteiger partial charge in [-0.15, -0.1) is 0 Å². The van der Waals surface area contributed by atoms with E-state index in [4.69, 9.17) is 0 Å². The van der Waals surface area contributed by atoms with E-state index < -0.39 is 0 Å². The Hall–Kier alpha value is -2.12. The number of hydrogen-bond donors (Lipinski definition) is 0. The highest BCUT2D eigenvalue weighted by molar-refractivity contribution is 9.10. The molecule has 0 heterocycles. The molecule has 0 radical (unpaired) electrons. The van der Waals surface area contributed by atoms with Crippen LogP contribution in [0.2, 0.25) is 0 Å². The van der Waals surface area contributed by atoms with Gasteiger partial charge in [0.15, 0.2) is 0 Å². The summed E-state index contributed by atoms with van der Waals surface area (Å²) in [4.78, 5) is 0. The van der Waals surface area contributed by atoms with E-state index in [1.807, 2.05) is 0 Å². The summed E-state index contributed by atoms with van der Waals surface area (Å²) < 4.78 is 1.14. The minimum absolute atomic E-state index is 1.14. The maximum atomic E-state index is 3.65. The molecule has 0 bridgehead atoms. The molecule has 0 saturated carbocycles. The van der Waals surface area contributed by atoms with Crippen molar-refractivity contribution in [2.24, 2.45) is 0 Å². The topological polar surface area (TPSA) is 0 Å². The maximum Gasteiger partial charge on any atom is 0.0254 e. The van der Waals surface area contributed by atoms with Crippen molar-refractivity contribution in [2.45, 2.75) is 12.8 Å². The summed E-state index contributed by atoms with van der Waals surface area (Å²) in [7, 11) is 0. The highest BCUT2D eigenvalue weighted by Crippen LogP contribution is 2.34. The van der Waals surface area contributed by atoms with Gasteiger partial charge in [-0.05, 0) is 51.9 Å². The van der Waals surface area contributed by atoms with Gasteiger partial charge >= 0.3 is 0 Å². The van der Waals surface area contributed by atoms with E-state index in [0.717, 1.165) is 17.3 Å². The molecule has 0 amide bonds. The maximum absolute atomic E-state index is 3.65. The van der Waals surface area contributed by atoms with Crippen molar-refractivity contribution in [1.82, 2.24) is 0 Å². The lowest BCUT2D eigenvalue weighted by molar-refractivity contribution is 1.04. The third-order valence-corrected chi connectivity index (χ3v) is 5.09. The first-order valence-corrected chi connectivity index (χ1v) is 8.77. The number of fused-ring (bicyclic) bond motifs is 1. The lowest BCUT2D eigenvalue weighted by Gasteiger charge is -2.11. The Morgan fingerprint density at radius 2 is 1.43 bits per heavy atom. The lowest BCUT2D eigenvalue weighted by atomic mass is 9.95. The predicted molar refractivity (Wildman–Crippen MR) is 103 cm³/mol. The molecule has 4 rings (SSSR count). The van der Waals surface area contributed by atoms with Crippen molar-refractivity contribution in [3.63, 3.8) is 0 Å². The van der Waals surface area contributed by atoms with Crippen LogP contribution in [-0.4, -0.2) is 0 Å². The van der Waals surface area contributed by atoms with Crippen LogP contribution in [0.15, 0.2) is 83.4 Å². The minimum Gasteiger partial charge on any atom is -0.0836 e. The zero-order valence-electron chi connectivity index (χ0n) is 12.8. The van der Waals surface area contributed by atoms with E-state index in [1.54, 1.807) is 0 Å². The molecule has 1 aliphatic carbocycles. The molecule has 0 nitrogen and oxygen atoms in total. The van der Waals surface area contributed by atoms with Gasteiger partial charge in [0, 0.05) is 4.47 Å². The molecule has 0 spiro atoms. The van der Waals surface area contributed by atoms with Gasteiger partial charge in [0.25, 0.3) is 0 Å². The zero-order chi connectivity index (χ0) is 15.6. The van der Waals surface area contributed by atoms with Crippen LogP contribution in [-0.2, 0) is 0 Å². The predicted octanol–water partition coefficient (Wildman–Crippen LogP) is 7.00. The molecule has 1 heteroatoms. The molecule has 0 aromatic heterocycles.